The largest absolute Gasteiger partial charge is 0.480 e. The number of ether oxygens (including phenoxy) is 1. The highest BCUT2D eigenvalue weighted by Crippen LogP contribution is 2.09. The van der Waals surface area contributed by atoms with E-state index in [0.717, 1.165) is 25.9 Å². The quantitative estimate of drug-likeness (QED) is 0.670. The number of carboxylic acid groups (broad SMARTS) is 1. The van der Waals surface area contributed by atoms with Crippen LogP contribution in [0.15, 0.2) is 0 Å². The molecule has 1 heterocycles. The van der Waals surface area contributed by atoms with Crippen LogP contribution in [0.3, 0.4) is 0 Å². The van der Waals surface area contributed by atoms with Crippen LogP contribution in [0.4, 0.5) is 0 Å². The Kier molecular flexibility index (Phi) is 5.37. The van der Waals surface area contributed by atoms with E-state index in [-0.39, 0.29) is 12.5 Å². The van der Waals surface area contributed by atoms with Gasteiger partial charge in [0, 0.05) is 20.2 Å². The molecule has 1 aliphatic rings. The van der Waals surface area contributed by atoms with Crippen molar-refractivity contribution in [2.24, 2.45) is 0 Å². The molecule has 2 unspecified atom stereocenters. The summed E-state index contributed by atoms with van der Waals surface area (Å²) >= 11 is 0. The van der Waals surface area contributed by atoms with Crippen LogP contribution in [-0.2, 0) is 14.3 Å². The van der Waals surface area contributed by atoms with Crippen molar-refractivity contribution >= 4 is 11.9 Å². The van der Waals surface area contributed by atoms with Crippen molar-refractivity contribution in [2.45, 2.75) is 31.8 Å². The number of nitrogens with one attached hydrogen (secondary N) is 1. The van der Waals surface area contributed by atoms with Crippen LogP contribution < -0.4 is 5.32 Å². The van der Waals surface area contributed by atoms with Crippen LogP contribution in [0.2, 0.25) is 0 Å². The van der Waals surface area contributed by atoms with Gasteiger partial charge in [-0.05, 0) is 19.8 Å². The standard InChI is InChI=1S/C11H20N2O4/c1-8(10(14)13-5-3-4-6-13)12-9(7-17-2)11(15)16/h8-9,12H,3-7H2,1-2H3,(H,15,16). The Morgan fingerprint density at radius 1 is 1.41 bits per heavy atom. The molecular formula is C11H20N2O4. The molecule has 1 saturated heterocycles. The highest BCUT2D eigenvalue weighted by molar-refractivity contribution is 5.83. The maximum Gasteiger partial charge on any atom is 0.323 e. The smallest absolute Gasteiger partial charge is 0.323 e. The Labute approximate surface area is 101 Å². The Bertz CT molecular complexity index is 277. The second-order valence-electron chi connectivity index (χ2n) is 4.27. The maximum absolute atomic E-state index is 11.9. The molecule has 0 bridgehead atoms. The van der Waals surface area contributed by atoms with Gasteiger partial charge >= 0.3 is 5.97 Å². The molecule has 6 nitrogen and oxygen atoms in total. The third kappa shape index (κ3) is 3.98. The summed E-state index contributed by atoms with van der Waals surface area (Å²) in [5.41, 5.74) is 0. The normalized spacial score (nSPS) is 19.1. The van der Waals surface area contributed by atoms with Gasteiger partial charge in [0.1, 0.15) is 6.04 Å². The van der Waals surface area contributed by atoms with Crippen LogP contribution in [0.25, 0.3) is 0 Å². The van der Waals surface area contributed by atoms with E-state index in [1.54, 1.807) is 11.8 Å². The molecule has 1 rings (SSSR count). The average molecular weight is 244 g/mol. The van der Waals surface area contributed by atoms with E-state index in [1.165, 1.54) is 7.11 Å². The fourth-order valence-corrected chi connectivity index (χ4v) is 1.94. The number of nitrogens with zero attached hydrogens (tertiary/aromatic N) is 1. The lowest BCUT2D eigenvalue weighted by Crippen LogP contribution is -2.51. The summed E-state index contributed by atoms with van der Waals surface area (Å²) < 4.78 is 4.80. The van der Waals surface area contributed by atoms with Gasteiger partial charge in [0.2, 0.25) is 5.91 Å². The zero-order valence-electron chi connectivity index (χ0n) is 10.3. The summed E-state index contributed by atoms with van der Waals surface area (Å²) in [6.07, 6.45) is 2.05. The van der Waals surface area contributed by atoms with Crippen LogP contribution in [0, 0.1) is 0 Å². The minimum atomic E-state index is -1.01. The topological polar surface area (TPSA) is 78.9 Å². The Morgan fingerprint density at radius 3 is 2.47 bits per heavy atom. The SMILES string of the molecule is COCC(NC(C)C(=O)N1CCCC1)C(=O)O. The molecule has 0 aromatic carbocycles. The summed E-state index contributed by atoms with van der Waals surface area (Å²) in [5, 5.41) is 11.7. The van der Waals surface area contributed by atoms with Crippen LogP contribution in [0.1, 0.15) is 19.8 Å². The predicted molar refractivity (Wildman–Crippen MR) is 61.7 cm³/mol. The van der Waals surface area contributed by atoms with Gasteiger partial charge in [-0.15, -0.1) is 0 Å². The third-order valence-corrected chi connectivity index (χ3v) is 2.87. The molecule has 0 spiro atoms. The summed E-state index contributed by atoms with van der Waals surface area (Å²) in [5.74, 6) is -1.04. The van der Waals surface area contributed by atoms with Crippen LogP contribution in [0.5, 0.6) is 0 Å². The lowest BCUT2D eigenvalue weighted by Gasteiger charge is -2.23. The van der Waals surface area contributed by atoms with Gasteiger partial charge in [0.15, 0.2) is 0 Å². The minimum absolute atomic E-state index is 0.0372. The molecule has 0 saturated carbocycles. The van der Waals surface area contributed by atoms with Crippen molar-refractivity contribution in [3.05, 3.63) is 0 Å². The zero-order chi connectivity index (χ0) is 12.8. The molecule has 17 heavy (non-hydrogen) atoms. The van der Waals surface area contributed by atoms with Crippen molar-refractivity contribution in [1.29, 1.82) is 0 Å². The molecule has 1 fully saturated rings. The van der Waals surface area contributed by atoms with Gasteiger partial charge in [0.25, 0.3) is 0 Å². The fourth-order valence-electron chi connectivity index (χ4n) is 1.94. The first-order valence-corrected chi connectivity index (χ1v) is 5.83. The van der Waals surface area contributed by atoms with Crippen molar-refractivity contribution in [1.82, 2.24) is 10.2 Å². The minimum Gasteiger partial charge on any atom is -0.480 e. The molecule has 6 heteroatoms. The van der Waals surface area contributed by atoms with Gasteiger partial charge in [-0.3, -0.25) is 14.9 Å². The van der Waals surface area contributed by atoms with E-state index in [0.29, 0.717) is 0 Å². The lowest BCUT2D eigenvalue weighted by atomic mass is 10.2. The second-order valence-corrected chi connectivity index (χ2v) is 4.27. The average Bonchev–Trinajstić information content (AvgIpc) is 2.80. The Morgan fingerprint density at radius 2 is 2.00 bits per heavy atom. The second kappa shape index (κ2) is 6.56. The number of rotatable bonds is 6. The third-order valence-electron chi connectivity index (χ3n) is 2.87. The van der Waals surface area contributed by atoms with Gasteiger partial charge in [-0.25, -0.2) is 0 Å². The number of carbonyl (C=O) groups excluding carboxylic acids is 1. The van der Waals surface area contributed by atoms with E-state index in [1.807, 2.05) is 0 Å². The zero-order valence-corrected chi connectivity index (χ0v) is 10.3. The number of hydrogen-bond donors (Lipinski definition) is 2. The first-order chi connectivity index (χ1) is 8.06. The van der Waals surface area contributed by atoms with Crippen molar-refractivity contribution < 1.29 is 19.4 Å². The summed E-state index contributed by atoms with van der Waals surface area (Å²) in [6, 6.07) is -1.34. The molecule has 0 aliphatic carbocycles. The predicted octanol–water partition coefficient (Wildman–Crippen LogP) is -0.313. The van der Waals surface area contributed by atoms with Gasteiger partial charge in [-0.1, -0.05) is 0 Å². The summed E-state index contributed by atoms with van der Waals surface area (Å²) in [4.78, 5) is 24.6. The molecule has 0 radical (unpaired) electrons. The Hall–Kier alpha value is -1.14. The van der Waals surface area contributed by atoms with Gasteiger partial charge < -0.3 is 14.7 Å². The number of aliphatic carboxylic acids is 1. The highest BCUT2D eigenvalue weighted by atomic mass is 16.5. The van der Waals surface area contributed by atoms with Crippen molar-refractivity contribution in [2.75, 3.05) is 26.8 Å². The molecule has 1 amide bonds. The highest BCUT2D eigenvalue weighted by Gasteiger charge is 2.27. The van der Waals surface area contributed by atoms with Gasteiger partial charge in [0.05, 0.1) is 12.6 Å². The monoisotopic (exact) mass is 244 g/mol. The van der Waals surface area contributed by atoms with Crippen LogP contribution in [-0.4, -0.2) is 60.8 Å². The molecule has 2 N–H and O–H groups in total. The van der Waals surface area contributed by atoms with Crippen molar-refractivity contribution in [3.63, 3.8) is 0 Å². The molecule has 98 valence electrons. The first-order valence-electron chi connectivity index (χ1n) is 5.83. The Balaban J connectivity index is 2.47. The fraction of sp³-hybridized carbons (Fsp3) is 0.818. The van der Waals surface area contributed by atoms with E-state index in [4.69, 9.17) is 9.84 Å². The number of carboxylic acids is 1. The molecule has 2 atom stereocenters. The number of hydrogen-bond acceptors (Lipinski definition) is 4. The molecular weight excluding hydrogens is 224 g/mol. The summed E-state index contributed by atoms with van der Waals surface area (Å²) in [7, 11) is 1.44. The molecule has 0 aromatic rings. The van der Waals surface area contributed by atoms with E-state index >= 15 is 0 Å². The van der Waals surface area contributed by atoms with Gasteiger partial charge in [-0.2, -0.15) is 0 Å². The first kappa shape index (κ1) is 13.9. The molecule has 0 aromatic heterocycles. The van der Waals surface area contributed by atoms with E-state index < -0.39 is 18.1 Å². The van der Waals surface area contributed by atoms with Crippen molar-refractivity contribution in [3.8, 4) is 0 Å². The van der Waals surface area contributed by atoms with E-state index in [9.17, 15) is 9.59 Å². The van der Waals surface area contributed by atoms with E-state index in [2.05, 4.69) is 5.32 Å². The lowest BCUT2D eigenvalue weighted by molar-refractivity contribution is -0.141. The number of carbonyl (C=O) groups is 2. The number of likely N-dealkylation sites (tertiary alicyclic amines) is 1. The number of methoxy groups -OCH3 is 1. The maximum atomic E-state index is 11.9. The molecule has 1 aliphatic heterocycles. The number of amides is 1. The van der Waals surface area contributed by atoms with Crippen LogP contribution >= 0.6 is 0 Å². The summed E-state index contributed by atoms with van der Waals surface area (Å²) in [6.45, 7) is 3.28.